The van der Waals surface area contributed by atoms with E-state index < -0.39 is 16.6 Å². The molecule has 0 aliphatic carbocycles. The maximum absolute atomic E-state index is 11.0. The van der Waals surface area contributed by atoms with Crippen molar-refractivity contribution in [1.29, 1.82) is 0 Å². The molecule has 0 saturated carbocycles. The molecular formula is C13H10N2O5S. The van der Waals surface area contributed by atoms with Gasteiger partial charge in [-0.05, 0) is 24.5 Å². The number of nitrogens with zero attached hydrogens (tertiary/aromatic N) is 2. The fourth-order valence-corrected chi connectivity index (χ4v) is 2.10. The number of para-hydroxylation sites is 1. The average Bonchev–Trinajstić information content (AvgIpc) is 2.47. The van der Waals surface area contributed by atoms with Crippen LogP contribution in [0.2, 0.25) is 0 Å². The Morgan fingerprint density at radius 3 is 2.67 bits per heavy atom. The quantitative estimate of drug-likeness (QED) is 0.514. The zero-order chi connectivity index (χ0) is 15.4. The highest BCUT2D eigenvalue weighted by molar-refractivity contribution is 7.98. The first-order valence-corrected chi connectivity index (χ1v) is 6.95. The number of carbonyl (C=O) groups is 1. The van der Waals surface area contributed by atoms with Crippen molar-refractivity contribution in [2.75, 3.05) is 6.26 Å². The number of carboxylic acid groups (broad SMARTS) is 1. The third-order valence-corrected chi connectivity index (χ3v) is 3.31. The summed E-state index contributed by atoms with van der Waals surface area (Å²) in [7, 11) is 0. The summed E-state index contributed by atoms with van der Waals surface area (Å²) in [6.07, 6.45) is 1.83. The minimum atomic E-state index is -1.28. The highest BCUT2D eigenvalue weighted by Gasteiger charge is 2.21. The third kappa shape index (κ3) is 3.29. The number of rotatable bonds is 5. The van der Waals surface area contributed by atoms with Gasteiger partial charge in [0.1, 0.15) is 5.75 Å². The predicted molar refractivity (Wildman–Crippen MR) is 76.1 cm³/mol. The van der Waals surface area contributed by atoms with Crippen molar-refractivity contribution in [2.24, 2.45) is 0 Å². The van der Waals surface area contributed by atoms with E-state index in [2.05, 4.69) is 4.98 Å². The molecule has 1 heterocycles. The summed E-state index contributed by atoms with van der Waals surface area (Å²) in [5.74, 6) is -1.25. The van der Waals surface area contributed by atoms with Crippen LogP contribution >= 0.6 is 11.8 Å². The molecule has 2 aromatic rings. The molecule has 1 aromatic carbocycles. The van der Waals surface area contributed by atoms with E-state index in [9.17, 15) is 14.9 Å². The molecular weight excluding hydrogens is 296 g/mol. The van der Waals surface area contributed by atoms with E-state index in [-0.39, 0.29) is 11.6 Å². The molecule has 2 rings (SSSR count). The van der Waals surface area contributed by atoms with E-state index in [0.29, 0.717) is 5.75 Å². The highest BCUT2D eigenvalue weighted by Crippen LogP contribution is 2.34. The topological polar surface area (TPSA) is 103 Å². The van der Waals surface area contributed by atoms with E-state index in [1.165, 1.54) is 11.8 Å². The van der Waals surface area contributed by atoms with Crippen molar-refractivity contribution in [3.63, 3.8) is 0 Å². The maximum Gasteiger partial charge on any atom is 0.354 e. The van der Waals surface area contributed by atoms with Crippen LogP contribution in [0.1, 0.15) is 10.5 Å². The van der Waals surface area contributed by atoms with Crippen LogP contribution in [0.25, 0.3) is 0 Å². The van der Waals surface area contributed by atoms with E-state index in [0.717, 1.165) is 17.0 Å². The molecule has 0 spiro atoms. The Hall–Kier alpha value is -2.61. The van der Waals surface area contributed by atoms with Crippen LogP contribution in [0.15, 0.2) is 41.3 Å². The summed E-state index contributed by atoms with van der Waals surface area (Å²) in [5.41, 5.74) is -0.715. The average molecular weight is 306 g/mol. The molecule has 1 aromatic heterocycles. The van der Waals surface area contributed by atoms with Gasteiger partial charge in [-0.15, -0.1) is 11.8 Å². The van der Waals surface area contributed by atoms with E-state index >= 15 is 0 Å². The number of nitro groups is 1. The fourth-order valence-electron chi connectivity index (χ4n) is 1.57. The van der Waals surface area contributed by atoms with Gasteiger partial charge in [-0.3, -0.25) is 10.1 Å². The first kappa shape index (κ1) is 14.8. The highest BCUT2D eigenvalue weighted by atomic mass is 32.2. The summed E-state index contributed by atoms with van der Waals surface area (Å²) in [6.45, 7) is 0. The van der Waals surface area contributed by atoms with Crippen molar-refractivity contribution in [3.8, 4) is 11.6 Å². The maximum atomic E-state index is 11.0. The van der Waals surface area contributed by atoms with Crippen LogP contribution in [0.3, 0.4) is 0 Å². The molecule has 0 radical (unpaired) electrons. The van der Waals surface area contributed by atoms with Gasteiger partial charge >= 0.3 is 17.5 Å². The van der Waals surface area contributed by atoms with Crippen LogP contribution < -0.4 is 4.74 Å². The van der Waals surface area contributed by atoms with Gasteiger partial charge in [0.05, 0.1) is 4.92 Å². The Labute approximate surface area is 123 Å². The molecule has 0 unspecified atom stereocenters. The molecule has 0 bridgehead atoms. The standard InChI is InChI=1S/C13H10N2O5S/c1-21-11-5-3-2-4-10(11)20-12-9(15(18)19)7-6-8(14-12)13(16)17/h2-7H,1H3,(H,16,17). The van der Waals surface area contributed by atoms with Gasteiger partial charge in [0, 0.05) is 11.0 Å². The largest absolute Gasteiger partial charge is 0.477 e. The molecule has 0 atom stereocenters. The van der Waals surface area contributed by atoms with E-state index in [1.807, 2.05) is 6.26 Å². The lowest BCUT2D eigenvalue weighted by Gasteiger charge is -2.09. The molecule has 0 amide bonds. The molecule has 8 heteroatoms. The smallest absolute Gasteiger partial charge is 0.354 e. The minimum absolute atomic E-state index is 0.322. The van der Waals surface area contributed by atoms with E-state index in [1.54, 1.807) is 24.3 Å². The molecule has 0 aliphatic rings. The number of pyridine rings is 1. The Balaban J connectivity index is 2.48. The first-order chi connectivity index (χ1) is 10.0. The molecule has 0 aliphatic heterocycles. The lowest BCUT2D eigenvalue weighted by Crippen LogP contribution is -2.04. The normalized spacial score (nSPS) is 10.1. The molecule has 0 saturated heterocycles. The SMILES string of the molecule is CSc1ccccc1Oc1nc(C(=O)O)ccc1[N+](=O)[O-]. The zero-order valence-electron chi connectivity index (χ0n) is 10.8. The monoisotopic (exact) mass is 306 g/mol. The van der Waals surface area contributed by atoms with Gasteiger partial charge in [-0.2, -0.15) is 4.98 Å². The van der Waals surface area contributed by atoms with Crippen molar-refractivity contribution in [1.82, 2.24) is 4.98 Å². The second-order valence-corrected chi connectivity index (χ2v) is 4.68. The van der Waals surface area contributed by atoms with Crippen molar-refractivity contribution in [2.45, 2.75) is 4.90 Å². The van der Waals surface area contributed by atoms with Crippen LogP contribution in [-0.2, 0) is 0 Å². The summed E-state index contributed by atoms with van der Waals surface area (Å²) in [4.78, 5) is 25.7. The second kappa shape index (κ2) is 6.23. The van der Waals surface area contributed by atoms with Crippen LogP contribution in [0.4, 0.5) is 5.69 Å². The number of carboxylic acids is 1. The molecule has 7 nitrogen and oxygen atoms in total. The number of hydrogen-bond acceptors (Lipinski definition) is 6. The predicted octanol–water partition coefficient (Wildman–Crippen LogP) is 3.20. The molecule has 108 valence electrons. The Bertz CT molecular complexity index is 705. The van der Waals surface area contributed by atoms with Gasteiger partial charge in [0.25, 0.3) is 0 Å². The van der Waals surface area contributed by atoms with Gasteiger partial charge in [-0.25, -0.2) is 4.79 Å². The fraction of sp³-hybridized carbons (Fsp3) is 0.0769. The number of ether oxygens (including phenoxy) is 1. The summed E-state index contributed by atoms with van der Waals surface area (Å²) in [6, 6.07) is 9.05. The van der Waals surface area contributed by atoms with Gasteiger partial charge in [0.15, 0.2) is 5.69 Å². The lowest BCUT2D eigenvalue weighted by atomic mass is 10.3. The first-order valence-electron chi connectivity index (χ1n) is 5.72. The summed E-state index contributed by atoms with van der Waals surface area (Å²) in [5, 5.41) is 19.9. The van der Waals surface area contributed by atoms with Gasteiger partial charge in [-0.1, -0.05) is 12.1 Å². The zero-order valence-corrected chi connectivity index (χ0v) is 11.7. The Morgan fingerprint density at radius 2 is 2.05 bits per heavy atom. The van der Waals surface area contributed by atoms with Crippen molar-refractivity contribution >= 4 is 23.4 Å². The van der Waals surface area contributed by atoms with Crippen LogP contribution in [-0.4, -0.2) is 27.2 Å². The molecule has 21 heavy (non-hydrogen) atoms. The van der Waals surface area contributed by atoms with Gasteiger partial charge in [0.2, 0.25) is 0 Å². The Kier molecular flexibility index (Phi) is 4.39. The second-order valence-electron chi connectivity index (χ2n) is 3.84. The number of hydrogen-bond donors (Lipinski definition) is 1. The summed E-state index contributed by atoms with van der Waals surface area (Å²) < 4.78 is 5.45. The minimum Gasteiger partial charge on any atom is -0.477 e. The molecule has 0 fully saturated rings. The van der Waals surface area contributed by atoms with Gasteiger partial charge < -0.3 is 9.84 Å². The van der Waals surface area contributed by atoms with Crippen molar-refractivity contribution < 1.29 is 19.6 Å². The number of aromatic carboxylic acids is 1. The van der Waals surface area contributed by atoms with Crippen LogP contribution in [0.5, 0.6) is 11.6 Å². The van der Waals surface area contributed by atoms with Crippen LogP contribution in [0, 0.1) is 10.1 Å². The lowest BCUT2D eigenvalue weighted by molar-refractivity contribution is -0.386. The number of thioether (sulfide) groups is 1. The number of benzene rings is 1. The Morgan fingerprint density at radius 1 is 1.33 bits per heavy atom. The van der Waals surface area contributed by atoms with Crippen molar-refractivity contribution in [3.05, 3.63) is 52.2 Å². The third-order valence-electron chi connectivity index (χ3n) is 2.53. The van der Waals surface area contributed by atoms with E-state index in [4.69, 9.17) is 9.84 Å². The molecule has 1 N–H and O–H groups in total. The number of aromatic nitrogens is 1. The summed E-state index contributed by atoms with van der Waals surface area (Å²) >= 11 is 1.40.